The summed E-state index contributed by atoms with van der Waals surface area (Å²) < 4.78 is 0. The van der Waals surface area contributed by atoms with Crippen molar-refractivity contribution >= 4 is 5.71 Å². The molecule has 0 aromatic rings. The third kappa shape index (κ3) is 5.66. The molecule has 0 spiro atoms. The van der Waals surface area contributed by atoms with Gasteiger partial charge in [-0.3, -0.25) is 4.99 Å². The van der Waals surface area contributed by atoms with Crippen LogP contribution in [0.4, 0.5) is 0 Å². The quantitative estimate of drug-likeness (QED) is 0.434. The molecule has 0 N–H and O–H groups in total. The van der Waals surface area contributed by atoms with Gasteiger partial charge in [-0.05, 0) is 32.8 Å². The van der Waals surface area contributed by atoms with Crippen LogP contribution in [0.2, 0.25) is 0 Å². The minimum atomic E-state index is 0.970. The van der Waals surface area contributed by atoms with E-state index in [1.54, 1.807) is 6.20 Å². The number of hydrogen-bond acceptors (Lipinski definition) is 1. The monoisotopic (exact) mass is 163 g/mol. The van der Waals surface area contributed by atoms with E-state index in [0.717, 1.165) is 18.6 Å². The minimum absolute atomic E-state index is 0.970. The van der Waals surface area contributed by atoms with Gasteiger partial charge in [0.1, 0.15) is 0 Å². The molecule has 0 saturated heterocycles. The molecule has 0 atom stereocenters. The number of hydrogen-bond donors (Lipinski definition) is 0. The maximum atomic E-state index is 4.22. The second kappa shape index (κ2) is 7.99. The van der Waals surface area contributed by atoms with Gasteiger partial charge in [0.15, 0.2) is 0 Å². The van der Waals surface area contributed by atoms with Crippen molar-refractivity contribution in [2.24, 2.45) is 4.99 Å². The topological polar surface area (TPSA) is 12.4 Å². The summed E-state index contributed by atoms with van der Waals surface area (Å²) in [4.78, 5) is 4.22. The van der Waals surface area contributed by atoms with Crippen molar-refractivity contribution in [1.82, 2.24) is 0 Å². The van der Waals surface area contributed by atoms with Crippen LogP contribution < -0.4 is 0 Å². The third-order valence-corrected chi connectivity index (χ3v) is 1.43. The largest absolute Gasteiger partial charge is 0.262 e. The molecule has 0 aliphatic carbocycles. The predicted octanol–water partition coefficient (Wildman–Crippen LogP) is 3.50. The van der Waals surface area contributed by atoms with Gasteiger partial charge in [0.05, 0.1) is 0 Å². The molecule has 0 rings (SSSR count). The number of allylic oxidation sites excluding steroid dienone is 4. The van der Waals surface area contributed by atoms with Gasteiger partial charge in [0, 0.05) is 11.9 Å². The van der Waals surface area contributed by atoms with E-state index in [2.05, 4.69) is 23.7 Å². The highest BCUT2D eigenvalue weighted by molar-refractivity contribution is 5.94. The van der Waals surface area contributed by atoms with E-state index in [1.807, 2.05) is 26.0 Å². The fraction of sp³-hybridized carbons (Fsp3) is 0.364. The summed E-state index contributed by atoms with van der Waals surface area (Å²) >= 11 is 0. The van der Waals surface area contributed by atoms with Gasteiger partial charge in [0.2, 0.25) is 0 Å². The van der Waals surface area contributed by atoms with Gasteiger partial charge in [0.25, 0.3) is 0 Å². The summed E-state index contributed by atoms with van der Waals surface area (Å²) in [7, 11) is 0. The first kappa shape index (κ1) is 10.9. The van der Waals surface area contributed by atoms with Crippen LogP contribution in [0.5, 0.6) is 0 Å². The molecule has 0 heterocycles. The Morgan fingerprint density at radius 1 is 1.33 bits per heavy atom. The first-order valence-electron chi connectivity index (χ1n) is 4.26. The molecule has 1 heteroatoms. The van der Waals surface area contributed by atoms with Crippen molar-refractivity contribution in [3.63, 3.8) is 0 Å². The van der Waals surface area contributed by atoms with Gasteiger partial charge in [-0.1, -0.05) is 24.8 Å². The maximum Gasteiger partial charge on any atom is 0.0400 e. The Bertz CT molecular complexity index is 197. The fourth-order valence-corrected chi connectivity index (χ4v) is 0.787. The zero-order valence-electron chi connectivity index (χ0n) is 7.96. The van der Waals surface area contributed by atoms with Crippen LogP contribution in [0.25, 0.3) is 0 Å². The molecule has 12 heavy (non-hydrogen) atoms. The molecule has 0 aromatic carbocycles. The first-order chi connectivity index (χ1) is 5.85. The van der Waals surface area contributed by atoms with Crippen molar-refractivity contribution < 1.29 is 0 Å². The number of aliphatic imine (C=N–C) groups is 1. The standard InChI is InChI=1S/C11H17N/c1-4-7-8-9-11(6-3)12-10-5-2/h4-7,10H,3,8-9H2,1-2H3/b7-4-,10-5+,12-11?. The summed E-state index contributed by atoms with van der Waals surface area (Å²) in [6.45, 7) is 7.68. The minimum Gasteiger partial charge on any atom is -0.262 e. The average Bonchev–Trinajstić information content (AvgIpc) is 2.11. The molecule has 0 saturated carbocycles. The smallest absolute Gasteiger partial charge is 0.0400 e. The average molecular weight is 163 g/mol. The number of rotatable bonds is 5. The van der Waals surface area contributed by atoms with E-state index in [0.29, 0.717) is 0 Å². The Kier molecular flexibility index (Phi) is 7.25. The zero-order chi connectivity index (χ0) is 9.23. The van der Waals surface area contributed by atoms with Crippen molar-refractivity contribution in [2.75, 3.05) is 0 Å². The molecule has 0 unspecified atom stereocenters. The summed E-state index contributed by atoms with van der Waals surface area (Å²) in [6.07, 6.45) is 11.7. The summed E-state index contributed by atoms with van der Waals surface area (Å²) in [6, 6.07) is 0. The van der Waals surface area contributed by atoms with Crippen LogP contribution in [0.3, 0.4) is 0 Å². The lowest BCUT2D eigenvalue weighted by molar-refractivity contribution is 1.09. The molecule has 0 aliphatic rings. The summed E-state index contributed by atoms with van der Waals surface area (Å²) in [5, 5.41) is 0. The Morgan fingerprint density at radius 2 is 2.08 bits per heavy atom. The molecular formula is C11H17N. The second-order valence-corrected chi connectivity index (χ2v) is 2.41. The van der Waals surface area contributed by atoms with Crippen molar-refractivity contribution in [3.05, 3.63) is 37.1 Å². The lowest BCUT2D eigenvalue weighted by Gasteiger charge is -1.94. The van der Waals surface area contributed by atoms with Gasteiger partial charge >= 0.3 is 0 Å². The Labute approximate surface area is 75.2 Å². The van der Waals surface area contributed by atoms with Crippen LogP contribution in [-0.4, -0.2) is 5.71 Å². The van der Waals surface area contributed by atoms with Crippen molar-refractivity contribution in [3.8, 4) is 0 Å². The molecule has 1 nitrogen and oxygen atoms in total. The van der Waals surface area contributed by atoms with Crippen LogP contribution in [-0.2, 0) is 0 Å². The Morgan fingerprint density at radius 3 is 2.58 bits per heavy atom. The fourth-order valence-electron chi connectivity index (χ4n) is 0.787. The third-order valence-electron chi connectivity index (χ3n) is 1.43. The maximum absolute atomic E-state index is 4.22. The van der Waals surface area contributed by atoms with Gasteiger partial charge in [-0.25, -0.2) is 0 Å². The SMILES string of the molecule is C=CC(CC/C=C\C)=N/C=C/C. The van der Waals surface area contributed by atoms with Crippen molar-refractivity contribution in [2.45, 2.75) is 26.7 Å². The van der Waals surface area contributed by atoms with Gasteiger partial charge in [-0.15, -0.1) is 0 Å². The Hall–Kier alpha value is -1.11. The molecule has 66 valence electrons. The Balaban J connectivity index is 3.90. The molecule has 0 fully saturated rings. The molecule has 0 amide bonds. The highest BCUT2D eigenvalue weighted by Crippen LogP contribution is 1.96. The highest BCUT2D eigenvalue weighted by atomic mass is 14.7. The van der Waals surface area contributed by atoms with Crippen LogP contribution >= 0.6 is 0 Å². The zero-order valence-corrected chi connectivity index (χ0v) is 7.96. The van der Waals surface area contributed by atoms with Gasteiger partial charge in [-0.2, -0.15) is 0 Å². The molecule has 0 aliphatic heterocycles. The lowest BCUT2D eigenvalue weighted by Crippen LogP contribution is -1.90. The van der Waals surface area contributed by atoms with Crippen LogP contribution in [0.15, 0.2) is 42.1 Å². The van der Waals surface area contributed by atoms with Crippen molar-refractivity contribution in [1.29, 1.82) is 0 Å². The molecule has 0 radical (unpaired) electrons. The van der Waals surface area contributed by atoms with Gasteiger partial charge < -0.3 is 0 Å². The second-order valence-electron chi connectivity index (χ2n) is 2.41. The molecular weight excluding hydrogens is 146 g/mol. The number of nitrogens with zero attached hydrogens (tertiary/aromatic N) is 1. The molecule has 0 aromatic heterocycles. The van der Waals surface area contributed by atoms with E-state index in [-0.39, 0.29) is 0 Å². The first-order valence-corrected chi connectivity index (χ1v) is 4.26. The van der Waals surface area contributed by atoms with Crippen LogP contribution in [0.1, 0.15) is 26.7 Å². The highest BCUT2D eigenvalue weighted by Gasteiger charge is 1.88. The normalized spacial score (nSPS) is 13.0. The lowest BCUT2D eigenvalue weighted by atomic mass is 10.2. The van der Waals surface area contributed by atoms with E-state index in [4.69, 9.17) is 0 Å². The van der Waals surface area contributed by atoms with E-state index in [1.165, 1.54) is 0 Å². The van der Waals surface area contributed by atoms with E-state index >= 15 is 0 Å². The predicted molar refractivity (Wildman–Crippen MR) is 56.5 cm³/mol. The van der Waals surface area contributed by atoms with E-state index in [9.17, 15) is 0 Å². The summed E-state index contributed by atoms with van der Waals surface area (Å²) in [5.74, 6) is 0. The molecule has 0 bridgehead atoms. The summed E-state index contributed by atoms with van der Waals surface area (Å²) in [5.41, 5.74) is 1.05. The van der Waals surface area contributed by atoms with Crippen LogP contribution in [0, 0.1) is 0 Å². The van der Waals surface area contributed by atoms with E-state index < -0.39 is 0 Å².